The van der Waals surface area contributed by atoms with Crippen molar-refractivity contribution >= 4 is 43.6 Å². The average Bonchev–Trinajstić information content (AvgIpc) is 2.33. The van der Waals surface area contributed by atoms with E-state index < -0.39 is 5.97 Å². The quantitative estimate of drug-likeness (QED) is 0.838. The van der Waals surface area contributed by atoms with Crippen molar-refractivity contribution in [1.29, 1.82) is 0 Å². The first kappa shape index (κ1) is 13.8. The predicted molar refractivity (Wildman–Crippen MR) is 77.5 cm³/mol. The van der Waals surface area contributed by atoms with Crippen molar-refractivity contribution in [3.63, 3.8) is 0 Å². The summed E-state index contributed by atoms with van der Waals surface area (Å²) in [4.78, 5) is 15.1. The van der Waals surface area contributed by atoms with Gasteiger partial charge < -0.3 is 15.6 Å². The summed E-state index contributed by atoms with van der Waals surface area (Å²) in [6.45, 7) is 0. The summed E-state index contributed by atoms with van der Waals surface area (Å²) in [7, 11) is 0. The van der Waals surface area contributed by atoms with Crippen LogP contribution in [0.5, 0.6) is 11.5 Å². The number of hydrogen-bond acceptors (Lipinski definition) is 4. The van der Waals surface area contributed by atoms with E-state index in [4.69, 9.17) is 15.6 Å². The molecule has 0 aliphatic heterocycles. The van der Waals surface area contributed by atoms with Crippen molar-refractivity contribution in [3.05, 3.63) is 45.0 Å². The number of nitrogens with two attached hydrogens (primary N) is 1. The molecule has 5 nitrogen and oxygen atoms in total. The number of hydrogen-bond donors (Lipinski definition) is 2. The largest absolute Gasteiger partial charge is 0.478 e. The van der Waals surface area contributed by atoms with Gasteiger partial charge in [-0.1, -0.05) is 6.07 Å². The Hall–Kier alpha value is -1.60. The van der Waals surface area contributed by atoms with Gasteiger partial charge >= 0.3 is 5.97 Å². The van der Waals surface area contributed by atoms with Crippen LogP contribution in [0.1, 0.15) is 10.4 Å². The number of halogens is 2. The summed E-state index contributed by atoms with van der Waals surface area (Å²) in [6, 6.07) is 6.51. The minimum absolute atomic E-state index is 0.0513. The fourth-order valence-corrected chi connectivity index (χ4v) is 2.26. The average molecular weight is 388 g/mol. The van der Waals surface area contributed by atoms with E-state index in [1.54, 1.807) is 24.3 Å². The van der Waals surface area contributed by atoms with Gasteiger partial charge in [-0.05, 0) is 44.0 Å². The zero-order valence-corrected chi connectivity index (χ0v) is 12.6. The summed E-state index contributed by atoms with van der Waals surface area (Å²) in [5, 5.41) is 9.17. The van der Waals surface area contributed by atoms with Gasteiger partial charge in [-0.2, -0.15) is 0 Å². The van der Waals surface area contributed by atoms with Crippen LogP contribution in [-0.2, 0) is 0 Å². The number of aromatic carboxylic acids is 1. The van der Waals surface area contributed by atoms with E-state index in [0.29, 0.717) is 20.5 Å². The fraction of sp³-hybridized carbons (Fsp3) is 0. The van der Waals surface area contributed by atoms with Crippen molar-refractivity contribution in [2.75, 3.05) is 5.73 Å². The lowest BCUT2D eigenvalue weighted by atomic mass is 10.2. The minimum atomic E-state index is -1.08. The molecule has 0 spiro atoms. The van der Waals surface area contributed by atoms with Crippen molar-refractivity contribution in [2.45, 2.75) is 0 Å². The van der Waals surface area contributed by atoms with Gasteiger partial charge in [0.15, 0.2) is 0 Å². The maximum Gasteiger partial charge on any atom is 0.340 e. The van der Waals surface area contributed by atoms with Crippen LogP contribution in [0.2, 0.25) is 0 Å². The number of carbonyl (C=O) groups is 1. The standard InChI is InChI=1S/C12H8Br2N2O3/c13-7-2-1-3-9(10(7)12(17)18)19-6-4-8(14)11(15)16-5-6/h1-5H,(H2,15,16)(H,17,18). The van der Waals surface area contributed by atoms with E-state index >= 15 is 0 Å². The maximum absolute atomic E-state index is 11.2. The van der Waals surface area contributed by atoms with Gasteiger partial charge in [0, 0.05) is 10.5 Å². The topological polar surface area (TPSA) is 85.4 Å². The van der Waals surface area contributed by atoms with Crippen LogP contribution in [0.15, 0.2) is 39.4 Å². The van der Waals surface area contributed by atoms with Gasteiger partial charge in [-0.25, -0.2) is 9.78 Å². The number of rotatable bonds is 3. The molecule has 0 saturated carbocycles. The molecule has 0 radical (unpaired) electrons. The molecule has 2 rings (SSSR count). The smallest absolute Gasteiger partial charge is 0.340 e. The molecule has 19 heavy (non-hydrogen) atoms. The molecule has 0 fully saturated rings. The summed E-state index contributed by atoms with van der Waals surface area (Å²) in [5.41, 5.74) is 5.62. The van der Waals surface area contributed by atoms with Gasteiger partial charge in [0.1, 0.15) is 22.9 Å². The van der Waals surface area contributed by atoms with Crippen molar-refractivity contribution in [2.24, 2.45) is 0 Å². The Labute approximate surface area is 125 Å². The van der Waals surface area contributed by atoms with Crippen LogP contribution in [0.25, 0.3) is 0 Å². The van der Waals surface area contributed by atoms with Crippen LogP contribution in [0, 0.1) is 0 Å². The third-order valence-corrected chi connectivity index (χ3v) is 3.56. The number of aromatic nitrogens is 1. The molecule has 0 unspecified atom stereocenters. The lowest BCUT2D eigenvalue weighted by Gasteiger charge is -2.10. The Bertz CT molecular complexity index is 647. The van der Waals surface area contributed by atoms with Gasteiger partial charge in [-0.3, -0.25) is 0 Å². The first-order valence-electron chi connectivity index (χ1n) is 5.09. The molecule has 0 amide bonds. The van der Waals surface area contributed by atoms with Crippen LogP contribution >= 0.6 is 31.9 Å². The van der Waals surface area contributed by atoms with Crippen LogP contribution < -0.4 is 10.5 Å². The molecule has 98 valence electrons. The Morgan fingerprint density at radius 1 is 1.32 bits per heavy atom. The van der Waals surface area contributed by atoms with E-state index in [1.165, 1.54) is 6.20 Å². The molecule has 1 aromatic heterocycles. The number of carboxylic acids is 1. The molecule has 0 aliphatic rings. The van der Waals surface area contributed by atoms with E-state index in [-0.39, 0.29) is 11.3 Å². The molecular formula is C12H8Br2N2O3. The van der Waals surface area contributed by atoms with E-state index in [9.17, 15) is 4.79 Å². The Balaban J connectivity index is 2.40. The summed E-state index contributed by atoms with van der Waals surface area (Å²) < 4.78 is 6.55. The zero-order valence-electron chi connectivity index (χ0n) is 9.43. The lowest BCUT2D eigenvalue weighted by molar-refractivity contribution is 0.0693. The predicted octanol–water partition coefficient (Wildman–Crippen LogP) is 3.68. The highest BCUT2D eigenvalue weighted by Crippen LogP contribution is 2.32. The Morgan fingerprint density at radius 3 is 2.68 bits per heavy atom. The number of nitrogen functional groups attached to an aromatic ring is 1. The van der Waals surface area contributed by atoms with Crippen LogP contribution in [0.4, 0.5) is 5.82 Å². The molecule has 1 heterocycles. The second kappa shape index (κ2) is 5.58. The third kappa shape index (κ3) is 3.05. The SMILES string of the molecule is Nc1ncc(Oc2cccc(Br)c2C(=O)O)cc1Br. The van der Waals surface area contributed by atoms with Crippen molar-refractivity contribution < 1.29 is 14.6 Å². The fourth-order valence-electron chi connectivity index (χ4n) is 1.41. The highest BCUT2D eigenvalue weighted by atomic mass is 79.9. The monoisotopic (exact) mass is 386 g/mol. The Kier molecular flexibility index (Phi) is 4.06. The van der Waals surface area contributed by atoms with Crippen LogP contribution in [0.3, 0.4) is 0 Å². The number of ether oxygens (including phenoxy) is 1. The normalized spacial score (nSPS) is 10.2. The molecule has 7 heteroatoms. The van der Waals surface area contributed by atoms with E-state index in [1.807, 2.05) is 0 Å². The highest BCUT2D eigenvalue weighted by molar-refractivity contribution is 9.11. The van der Waals surface area contributed by atoms with E-state index in [2.05, 4.69) is 36.8 Å². The maximum atomic E-state index is 11.2. The molecular weight excluding hydrogens is 380 g/mol. The van der Waals surface area contributed by atoms with Gasteiger partial charge in [0.2, 0.25) is 0 Å². The zero-order chi connectivity index (χ0) is 14.0. The Morgan fingerprint density at radius 2 is 2.05 bits per heavy atom. The molecule has 0 bridgehead atoms. The number of nitrogens with zero attached hydrogens (tertiary/aromatic N) is 1. The second-order valence-electron chi connectivity index (χ2n) is 3.56. The van der Waals surface area contributed by atoms with Crippen molar-refractivity contribution in [3.8, 4) is 11.5 Å². The molecule has 1 aromatic carbocycles. The number of carboxylic acid groups (broad SMARTS) is 1. The van der Waals surface area contributed by atoms with E-state index in [0.717, 1.165) is 0 Å². The summed E-state index contributed by atoms with van der Waals surface area (Å²) in [5.74, 6) is -0.132. The third-order valence-electron chi connectivity index (χ3n) is 2.26. The highest BCUT2D eigenvalue weighted by Gasteiger charge is 2.16. The molecule has 2 aromatic rings. The number of anilines is 1. The van der Waals surface area contributed by atoms with Gasteiger partial charge in [-0.15, -0.1) is 0 Å². The molecule has 0 saturated heterocycles. The lowest BCUT2D eigenvalue weighted by Crippen LogP contribution is -2.01. The number of benzene rings is 1. The molecule has 0 atom stereocenters. The first-order valence-corrected chi connectivity index (χ1v) is 6.68. The van der Waals surface area contributed by atoms with Crippen LogP contribution in [-0.4, -0.2) is 16.1 Å². The van der Waals surface area contributed by atoms with Gasteiger partial charge in [0.25, 0.3) is 0 Å². The summed E-state index contributed by atoms with van der Waals surface area (Å²) >= 11 is 6.41. The second-order valence-corrected chi connectivity index (χ2v) is 5.27. The first-order chi connectivity index (χ1) is 8.99. The summed E-state index contributed by atoms with van der Waals surface area (Å²) in [6.07, 6.45) is 1.42. The van der Waals surface area contributed by atoms with Crippen molar-refractivity contribution in [1.82, 2.24) is 4.98 Å². The molecule has 3 N–H and O–H groups in total. The minimum Gasteiger partial charge on any atom is -0.478 e. The number of pyridine rings is 1. The molecule has 0 aliphatic carbocycles. The van der Waals surface area contributed by atoms with Gasteiger partial charge in [0.05, 0.1) is 10.7 Å².